The first kappa shape index (κ1) is 21.6. The van der Waals surface area contributed by atoms with Crippen LogP contribution >= 0.6 is 0 Å². The molecule has 1 saturated heterocycles. The number of amides is 1. The summed E-state index contributed by atoms with van der Waals surface area (Å²) in [5, 5.41) is 17.6. The molecule has 2 aliphatic rings. The summed E-state index contributed by atoms with van der Waals surface area (Å²) in [6, 6.07) is 9.48. The van der Waals surface area contributed by atoms with Crippen LogP contribution in [0.3, 0.4) is 0 Å². The zero-order valence-corrected chi connectivity index (χ0v) is 17.7. The van der Waals surface area contributed by atoms with E-state index in [0.29, 0.717) is 18.9 Å². The van der Waals surface area contributed by atoms with Crippen molar-refractivity contribution in [1.82, 2.24) is 14.8 Å². The quantitative estimate of drug-likeness (QED) is 0.635. The van der Waals surface area contributed by atoms with E-state index < -0.39 is 24.3 Å². The normalized spacial score (nSPS) is 17.2. The number of fused-ring (bicyclic) bond motifs is 1. The Morgan fingerprint density at radius 2 is 2.03 bits per heavy atom. The molecule has 2 aliphatic heterocycles. The number of aryl methyl sites for hydroxylation is 1. The third-order valence-electron chi connectivity index (χ3n) is 6.29. The van der Waals surface area contributed by atoms with Crippen molar-refractivity contribution in [3.05, 3.63) is 76.4 Å². The Hall–Kier alpha value is -3.24. The van der Waals surface area contributed by atoms with Crippen molar-refractivity contribution in [2.45, 2.75) is 25.2 Å². The van der Waals surface area contributed by atoms with Gasteiger partial charge < -0.3 is 19.3 Å². The van der Waals surface area contributed by atoms with Crippen LogP contribution in [0.2, 0.25) is 0 Å². The molecule has 2 aromatic carbocycles. The van der Waals surface area contributed by atoms with Gasteiger partial charge in [-0.2, -0.15) is 13.2 Å². The van der Waals surface area contributed by atoms with Crippen molar-refractivity contribution >= 4 is 11.6 Å². The SMILES string of the molecule is Cn1cnnc1[C@@H](c1cccc(N2Cc3c(cc(CO)cc3C(F)(F)F)C2=O)c1)C1COC1. The van der Waals surface area contributed by atoms with E-state index in [4.69, 9.17) is 4.74 Å². The lowest BCUT2D eigenvalue weighted by atomic mass is 9.83. The topological polar surface area (TPSA) is 80.5 Å². The number of ether oxygens (including phenoxy) is 1. The number of aliphatic hydroxyl groups is 1. The van der Waals surface area contributed by atoms with E-state index in [9.17, 15) is 23.1 Å². The van der Waals surface area contributed by atoms with Crippen LogP contribution in [0, 0.1) is 5.92 Å². The summed E-state index contributed by atoms with van der Waals surface area (Å²) in [5.74, 6) is 0.283. The maximum atomic E-state index is 13.7. The third-order valence-corrected chi connectivity index (χ3v) is 6.29. The molecule has 1 aromatic heterocycles. The van der Waals surface area contributed by atoms with Crippen molar-refractivity contribution in [1.29, 1.82) is 0 Å². The largest absolute Gasteiger partial charge is 0.416 e. The number of hydrogen-bond acceptors (Lipinski definition) is 5. The molecular formula is C23H21F3N4O3. The fraction of sp³-hybridized carbons (Fsp3) is 0.348. The fourth-order valence-corrected chi connectivity index (χ4v) is 4.56. The van der Waals surface area contributed by atoms with Gasteiger partial charge in [-0.05, 0) is 41.0 Å². The Kier molecular flexibility index (Phi) is 5.21. The molecule has 1 atom stereocenters. The second-order valence-corrected chi connectivity index (χ2v) is 8.39. The maximum absolute atomic E-state index is 13.7. The average molecular weight is 458 g/mol. The molecular weight excluding hydrogens is 437 g/mol. The monoisotopic (exact) mass is 458 g/mol. The van der Waals surface area contributed by atoms with E-state index in [0.717, 1.165) is 17.5 Å². The van der Waals surface area contributed by atoms with Gasteiger partial charge in [0.2, 0.25) is 0 Å². The number of aromatic nitrogens is 3. The number of halogens is 3. The number of nitrogens with zero attached hydrogens (tertiary/aromatic N) is 4. The van der Waals surface area contributed by atoms with Gasteiger partial charge in [0, 0.05) is 24.2 Å². The van der Waals surface area contributed by atoms with Gasteiger partial charge in [-0.15, -0.1) is 10.2 Å². The molecule has 0 radical (unpaired) electrons. The van der Waals surface area contributed by atoms with Crippen LogP contribution in [0.25, 0.3) is 0 Å². The Bertz CT molecular complexity index is 1220. The van der Waals surface area contributed by atoms with Gasteiger partial charge in [0.25, 0.3) is 5.91 Å². The average Bonchev–Trinajstić information content (AvgIpc) is 3.32. The lowest BCUT2D eigenvalue weighted by Crippen LogP contribution is -2.35. The van der Waals surface area contributed by atoms with Crippen molar-refractivity contribution in [3.8, 4) is 0 Å². The summed E-state index contributed by atoms with van der Waals surface area (Å²) in [6.07, 6.45) is -3.02. The van der Waals surface area contributed by atoms with Gasteiger partial charge in [0.1, 0.15) is 12.2 Å². The number of rotatable bonds is 5. The molecule has 33 heavy (non-hydrogen) atoms. The molecule has 3 heterocycles. The van der Waals surface area contributed by atoms with E-state index in [2.05, 4.69) is 10.2 Å². The Balaban J connectivity index is 1.54. The molecule has 10 heteroatoms. The predicted octanol–water partition coefficient (Wildman–Crippen LogP) is 3.26. The molecule has 1 amide bonds. The molecule has 3 aromatic rings. The Morgan fingerprint density at radius 3 is 2.64 bits per heavy atom. The number of alkyl halides is 3. The van der Waals surface area contributed by atoms with Gasteiger partial charge >= 0.3 is 6.18 Å². The first-order valence-electron chi connectivity index (χ1n) is 10.4. The first-order chi connectivity index (χ1) is 15.8. The number of benzene rings is 2. The zero-order chi connectivity index (χ0) is 23.3. The Morgan fingerprint density at radius 1 is 1.24 bits per heavy atom. The molecule has 7 nitrogen and oxygen atoms in total. The number of aliphatic hydroxyl groups excluding tert-OH is 1. The highest BCUT2D eigenvalue weighted by Crippen LogP contribution is 2.41. The molecule has 0 saturated carbocycles. The third kappa shape index (κ3) is 3.68. The minimum Gasteiger partial charge on any atom is -0.392 e. The van der Waals surface area contributed by atoms with E-state index in [1.54, 1.807) is 18.5 Å². The van der Waals surface area contributed by atoms with Crippen molar-refractivity contribution in [3.63, 3.8) is 0 Å². The zero-order valence-electron chi connectivity index (χ0n) is 17.7. The summed E-state index contributed by atoms with van der Waals surface area (Å²) in [5.41, 5.74) is 0.438. The minimum absolute atomic E-state index is 0.0310. The molecule has 0 bridgehead atoms. The van der Waals surface area contributed by atoms with Gasteiger partial charge in [0.15, 0.2) is 0 Å². The molecule has 0 spiro atoms. The molecule has 0 aliphatic carbocycles. The Labute approximate surface area is 187 Å². The van der Waals surface area contributed by atoms with Crippen LogP contribution in [0.5, 0.6) is 0 Å². The van der Waals surface area contributed by atoms with Crippen LogP contribution in [-0.2, 0) is 31.1 Å². The van der Waals surface area contributed by atoms with Crippen LogP contribution in [0.4, 0.5) is 18.9 Å². The predicted molar refractivity (Wildman–Crippen MR) is 111 cm³/mol. The molecule has 5 rings (SSSR count). The second kappa shape index (κ2) is 7.96. The minimum atomic E-state index is -4.63. The van der Waals surface area contributed by atoms with Gasteiger partial charge in [0.05, 0.1) is 37.8 Å². The number of hydrogen-bond donors (Lipinski definition) is 1. The second-order valence-electron chi connectivity index (χ2n) is 8.39. The first-order valence-corrected chi connectivity index (χ1v) is 10.4. The van der Waals surface area contributed by atoms with E-state index in [1.165, 1.54) is 11.0 Å². The summed E-state index contributed by atoms with van der Waals surface area (Å²) in [6.45, 7) is 0.352. The molecule has 1 N–H and O–H groups in total. The molecule has 1 fully saturated rings. The fourth-order valence-electron chi connectivity index (χ4n) is 4.56. The highest BCUT2D eigenvalue weighted by molar-refractivity contribution is 6.10. The standard InChI is InChI=1S/C23H21F3N4O3/c1-29-12-27-28-21(29)20(15-10-33-11-15)14-3-2-4-16(7-14)30-8-18-17(22(30)32)5-13(9-31)6-19(18)23(24,25)26/h2-7,12,15,20,31H,8-11H2,1H3/t20-/m0/s1. The molecule has 172 valence electrons. The van der Waals surface area contributed by atoms with E-state index in [1.807, 2.05) is 23.7 Å². The van der Waals surface area contributed by atoms with E-state index in [-0.39, 0.29) is 35.1 Å². The van der Waals surface area contributed by atoms with E-state index >= 15 is 0 Å². The smallest absolute Gasteiger partial charge is 0.392 e. The summed E-state index contributed by atoms with van der Waals surface area (Å²) in [4.78, 5) is 14.5. The van der Waals surface area contributed by atoms with Crippen LogP contribution < -0.4 is 4.90 Å². The van der Waals surface area contributed by atoms with Gasteiger partial charge in [-0.3, -0.25) is 4.79 Å². The summed E-state index contributed by atoms with van der Waals surface area (Å²) < 4.78 is 48.2. The van der Waals surface area contributed by atoms with Gasteiger partial charge in [-0.1, -0.05) is 12.1 Å². The number of carbonyl (C=O) groups is 1. The highest BCUT2D eigenvalue weighted by Gasteiger charge is 2.41. The summed E-state index contributed by atoms with van der Waals surface area (Å²) >= 11 is 0. The summed E-state index contributed by atoms with van der Waals surface area (Å²) in [7, 11) is 1.85. The maximum Gasteiger partial charge on any atom is 0.416 e. The van der Waals surface area contributed by atoms with Crippen LogP contribution in [0.1, 0.15) is 44.4 Å². The van der Waals surface area contributed by atoms with Crippen LogP contribution in [0.15, 0.2) is 42.7 Å². The number of anilines is 1. The molecule has 0 unspecified atom stereocenters. The highest BCUT2D eigenvalue weighted by atomic mass is 19.4. The number of carbonyl (C=O) groups excluding carboxylic acids is 1. The van der Waals surface area contributed by atoms with Crippen molar-refractivity contribution < 1.29 is 27.8 Å². The van der Waals surface area contributed by atoms with Crippen molar-refractivity contribution in [2.24, 2.45) is 13.0 Å². The van der Waals surface area contributed by atoms with Gasteiger partial charge in [-0.25, -0.2) is 0 Å². The lowest BCUT2D eigenvalue weighted by molar-refractivity contribution is -0.138. The van der Waals surface area contributed by atoms with Crippen molar-refractivity contribution in [2.75, 3.05) is 18.1 Å². The lowest BCUT2D eigenvalue weighted by Gasteiger charge is -2.33. The van der Waals surface area contributed by atoms with Crippen LogP contribution in [-0.4, -0.2) is 39.0 Å².